The monoisotopic (exact) mass is 350 g/mol. The van der Waals surface area contributed by atoms with Crippen molar-refractivity contribution < 1.29 is 34.5 Å². The Bertz CT molecular complexity index is 694. The van der Waals surface area contributed by atoms with Crippen LogP contribution in [0.2, 0.25) is 0 Å². The quantitative estimate of drug-likeness (QED) is 0.546. The van der Waals surface area contributed by atoms with Crippen molar-refractivity contribution in [2.24, 2.45) is 0 Å². The fraction of sp³-hybridized carbons (Fsp3) is 0.0769. The van der Waals surface area contributed by atoms with Crippen LogP contribution < -0.4 is 17.0 Å². The van der Waals surface area contributed by atoms with Gasteiger partial charge in [-0.3, -0.25) is 0 Å². The van der Waals surface area contributed by atoms with Crippen molar-refractivity contribution >= 4 is 26.1 Å². The molecule has 0 radical (unpaired) electrons. The van der Waals surface area contributed by atoms with Crippen LogP contribution in [-0.2, 0) is 5.51 Å². The van der Waals surface area contributed by atoms with E-state index in [9.17, 15) is 17.6 Å². The molecule has 1 atom stereocenters. The molecule has 0 saturated carbocycles. The maximum absolute atomic E-state index is 13.1. The zero-order valence-electron chi connectivity index (χ0n) is 9.34. The standard InChI is InChI=1S/C13H7F4S.BrH/c14-10-5-4-9-6-11(8-2-1-3-8)18(12(9)7-10)13(15,16)17;/h1-7H;1H/q+1;/p-1. The van der Waals surface area contributed by atoms with Gasteiger partial charge in [-0.25, -0.2) is 4.39 Å². The molecule has 1 aromatic carbocycles. The van der Waals surface area contributed by atoms with Gasteiger partial charge in [-0.05, 0) is 24.3 Å². The fourth-order valence-corrected chi connectivity index (χ4v) is 3.88. The minimum Gasteiger partial charge on any atom is -1.00 e. The van der Waals surface area contributed by atoms with Gasteiger partial charge >= 0.3 is 5.51 Å². The molecule has 0 saturated heterocycles. The van der Waals surface area contributed by atoms with Crippen molar-refractivity contribution in [3.8, 4) is 0 Å². The molecule has 0 bridgehead atoms. The Labute approximate surface area is 119 Å². The highest BCUT2D eigenvalue weighted by Crippen LogP contribution is 2.53. The lowest BCUT2D eigenvalue weighted by molar-refractivity contribution is -0.0866. The Morgan fingerprint density at radius 2 is 1.74 bits per heavy atom. The molecule has 0 fully saturated rings. The van der Waals surface area contributed by atoms with Crippen LogP contribution in [0.1, 0.15) is 4.88 Å². The van der Waals surface area contributed by atoms with Gasteiger partial charge in [-0.1, -0.05) is 6.08 Å². The van der Waals surface area contributed by atoms with Crippen molar-refractivity contribution in [2.75, 3.05) is 0 Å². The van der Waals surface area contributed by atoms with Gasteiger partial charge in [-0.15, -0.1) is 13.2 Å². The first kappa shape index (κ1) is 14.3. The van der Waals surface area contributed by atoms with Crippen LogP contribution in [0, 0.1) is 5.82 Å². The Morgan fingerprint density at radius 1 is 1.05 bits per heavy atom. The van der Waals surface area contributed by atoms with Crippen molar-refractivity contribution in [2.45, 2.75) is 5.51 Å². The predicted octanol–water partition coefficient (Wildman–Crippen LogP) is 2.16. The molecule has 0 amide bonds. The first-order valence-corrected chi connectivity index (χ1v) is 6.40. The molecule has 0 spiro atoms. The summed E-state index contributed by atoms with van der Waals surface area (Å²) in [7, 11) is -2.04. The van der Waals surface area contributed by atoms with E-state index in [1.165, 1.54) is 18.2 Å². The molecule has 1 aliphatic carbocycles. The zero-order valence-corrected chi connectivity index (χ0v) is 11.7. The van der Waals surface area contributed by atoms with Crippen LogP contribution >= 0.6 is 10.5 Å². The van der Waals surface area contributed by atoms with Gasteiger partial charge in [0.1, 0.15) is 16.3 Å². The van der Waals surface area contributed by atoms with Crippen molar-refractivity contribution in [1.29, 1.82) is 0 Å². The molecular weight excluding hydrogens is 344 g/mol. The molecule has 1 aliphatic rings. The first-order chi connectivity index (χ1) is 8.47. The van der Waals surface area contributed by atoms with Crippen LogP contribution in [-0.4, -0.2) is 0 Å². The Morgan fingerprint density at radius 3 is 2.26 bits per heavy atom. The van der Waals surface area contributed by atoms with Crippen molar-refractivity contribution in [3.63, 3.8) is 0 Å². The second kappa shape index (κ2) is 4.76. The molecule has 100 valence electrons. The number of hydrogen-bond acceptors (Lipinski definition) is 0. The summed E-state index contributed by atoms with van der Waals surface area (Å²) in [6, 6.07) is 5.06. The van der Waals surface area contributed by atoms with Gasteiger partial charge in [0.05, 0.1) is 0 Å². The number of alkyl halides is 3. The Balaban J connectivity index is 0.00000133. The molecule has 2 aromatic rings. The van der Waals surface area contributed by atoms with E-state index in [0.717, 1.165) is 6.07 Å². The fourth-order valence-electron chi connectivity index (χ4n) is 1.93. The highest BCUT2D eigenvalue weighted by Gasteiger charge is 2.48. The van der Waals surface area contributed by atoms with E-state index < -0.39 is 21.8 Å². The highest BCUT2D eigenvalue weighted by molar-refractivity contribution is 7.39. The Kier molecular flexibility index (Phi) is 3.57. The average Bonchev–Trinajstić information content (AvgIpc) is 2.51. The third kappa shape index (κ3) is 2.34. The van der Waals surface area contributed by atoms with Crippen LogP contribution in [0.4, 0.5) is 17.6 Å². The lowest BCUT2D eigenvalue weighted by atomic mass is 10.1. The molecule has 6 heteroatoms. The number of hydrogen-bond donors (Lipinski definition) is 0. The number of halogens is 5. The topological polar surface area (TPSA) is 0 Å². The molecular formula is C13H7BrF4S. The number of thiophene rings is 1. The molecule has 1 heterocycles. The summed E-state index contributed by atoms with van der Waals surface area (Å²) in [6.45, 7) is 0. The van der Waals surface area contributed by atoms with Gasteiger partial charge in [-0.2, -0.15) is 0 Å². The van der Waals surface area contributed by atoms with Crippen LogP contribution in [0.5, 0.6) is 0 Å². The molecule has 19 heavy (non-hydrogen) atoms. The van der Waals surface area contributed by atoms with E-state index in [0.29, 0.717) is 11.0 Å². The zero-order chi connectivity index (χ0) is 12.9. The summed E-state index contributed by atoms with van der Waals surface area (Å²) in [5, 5.41) is 0.452. The summed E-state index contributed by atoms with van der Waals surface area (Å²) >= 11 is 0. The second-order valence-electron chi connectivity index (χ2n) is 3.92. The maximum atomic E-state index is 13.1. The molecule has 0 nitrogen and oxygen atoms in total. The largest absolute Gasteiger partial charge is 1.00 e. The van der Waals surface area contributed by atoms with Crippen LogP contribution in [0.3, 0.4) is 0 Å². The number of allylic oxidation sites excluding steroid dienone is 4. The van der Waals surface area contributed by atoms with Gasteiger partial charge in [0.25, 0.3) is 0 Å². The van der Waals surface area contributed by atoms with E-state index in [-0.39, 0.29) is 26.6 Å². The summed E-state index contributed by atoms with van der Waals surface area (Å²) in [4.78, 5) is 0.227. The summed E-state index contributed by atoms with van der Waals surface area (Å²) in [5.41, 5.74) is -3.80. The van der Waals surface area contributed by atoms with E-state index in [1.807, 2.05) is 0 Å². The lowest BCUT2D eigenvalue weighted by Crippen LogP contribution is -3.00. The number of fused-ring (bicyclic) bond motifs is 1. The predicted molar refractivity (Wildman–Crippen MR) is 64.8 cm³/mol. The summed E-state index contributed by atoms with van der Waals surface area (Å²) < 4.78 is 52.6. The van der Waals surface area contributed by atoms with Gasteiger partial charge < -0.3 is 17.0 Å². The third-order valence-electron chi connectivity index (χ3n) is 2.77. The normalized spacial score (nSPS) is 14.9. The first-order valence-electron chi connectivity index (χ1n) is 5.18. The van der Waals surface area contributed by atoms with Crippen molar-refractivity contribution in [1.82, 2.24) is 0 Å². The summed E-state index contributed by atoms with van der Waals surface area (Å²) in [5.74, 6) is -0.636. The molecule has 3 rings (SSSR count). The molecule has 0 N–H and O–H groups in total. The average molecular weight is 351 g/mol. The molecule has 1 aromatic heterocycles. The highest BCUT2D eigenvalue weighted by atomic mass is 79.9. The van der Waals surface area contributed by atoms with Crippen LogP contribution in [0.25, 0.3) is 15.7 Å². The summed E-state index contributed by atoms with van der Waals surface area (Å²) in [6.07, 6.45) is 4.97. The molecule has 1 unspecified atom stereocenters. The minimum atomic E-state index is -4.38. The lowest BCUT2D eigenvalue weighted by Gasteiger charge is -2.04. The number of benzene rings is 1. The van der Waals surface area contributed by atoms with Crippen LogP contribution in [0.15, 0.2) is 42.5 Å². The smallest absolute Gasteiger partial charge is 0.601 e. The van der Waals surface area contributed by atoms with E-state index in [4.69, 9.17) is 0 Å². The van der Waals surface area contributed by atoms with Gasteiger partial charge in [0.15, 0.2) is 9.58 Å². The van der Waals surface area contributed by atoms with E-state index in [2.05, 4.69) is 0 Å². The third-order valence-corrected chi connectivity index (χ3v) is 4.82. The van der Waals surface area contributed by atoms with E-state index >= 15 is 0 Å². The maximum Gasteiger partial charge on any atom is 0.601 e. The minimum absolute atomic E-state index is 0. The van der Waals surface area contributed by atoms with Crippen molar-refractivity contribution in [3.05, 3.63) is 53.2 Å². The SMILES string of the molecule is Fc1ccc2cc(C3=CC=C3)[s+](C(F)(F)F)c2c1.[Br-]. The number of rotatable bonds is 1. The second-order valence-corrected chi connectivity index (χ2v) is 5.88. The van der Waals surface area contributed by atoms with Gasteiger partial charge in [0.2, 0.25) is 0 Å². The molecule has 0 aliphatic heterocycles. The Hall–Kier alpha value is -1.14. The van der Waals surface area contributed by atoms with E-state index in [1.54, 1.807) is 18.2 Å². The van der Waals surface area contributed by atoms with Gasteiger partial charge in [0, 0.05) is 23.1 Å².